The lowest BCUT2D eigenvalue weighted by atomic mass is 9.79. The van der Waals surface area contributed by atoms with E-state index in [-0.39, 0.29) is 12.6 Å². The number of hydrogen-bond acceptors (Lipinski definition) is 4. The fourth-order valence-electron chi connectivity index (χ4n) is 2.58. The van der Waals surface area contributed by atoms with Crippen LogP contribution < -0.4 is 15.4 Å². The average molecular weight is 296 g/mol. The van der Waals surface area contributed by atoms with E-state index in [1.54, 1.807) is 20.2 Å². The maximum absolute atomic E-state index is 11.8. The number of nitrogens with one attached hydrogen (secondary N) is 2. The number of methoxy groups -OCH3 is 1. The molecule has 7 nitrogen and oxygen atoms in total. The van der Waals surface area contributed by atoms with Gasteiger partial charge >= 0.3 is 6.03 Å². The van der Waals surface area contributed by atoms with E-state index in [4.69, 9.17) is 4.74 Å². The second-order valence-electron chi connectivity index (χ2n) is 5.91. The zero-order valence-electron chi connectivity index (χ0n) is 12.8. The predicted octanol–water partition coefficient (Wildman–Crippen LogP) is 1.49. The van der Waals surface area contributed by atoms with Crippen molar-refractivity contribution in [3.63, 3.8) is 0 Å². The number of hydrogen-bond donors (Lipinski definition) is 3. The number of anilines is 1. The molecule has 1 heterocycles. The molecule has 1 aromatic heterocycles. The topological polar surface area (TPSA) is 88.4 Å². The van der Waals surface area contributed by atoms with Crippen molar-refractivity contribution in [1.82, 2.24) is 15.1 Å². The Morgan fingerprint density at radius 2 is 2.24 bits per heavy atom. The number of amides is 2. The van der Waals surface area contributed by atoms with Gasteiger partial charge in [0.05, 0.1) is 12.7 Å². The van der Waals surface area contributed by atoms with Gasteiger partial charge < -0.3 is 15.2 Å². The largest absolute Gasteiger partial charge is 0.481 e. The smallest absolute Gasteiger partial charge is 0.320 e. The van der Waals surface area contributed by atoms with Crippen LogP contribution in [0.2, 0.25) is 0 Å². The van der Waals surface area contributed by atoms with Crippen LogP contribution in [0, 0.1) is 5.92 Å². The fraction of sp³-hybridized carbons (Fsp3) is 0.714. The Bertz CT molecular complexity index is 492. The number of rotatable bonds is 4. The summed E-state index contributed by atoms with van der Waals surface area (Å²) in [5.41, 5.74) is -0.786. The molecule has 0 radical (unpaired) electrons. The minimum Gasteiger partial charge on any atom is -0.481 e. The Morgan fingerprint density at radius 3 is 2.81 bits per heavy atom. The van der Waals surface area contributed by atoms with E-state index >= 15 is 0 Å². The quantitative estimate of drug-likeness (QED) is 0.785. The van der Waals surface area contributed by atoms with Gasteiger partial charge in [0.25, 0.3) is 0 Å². The van der Waals surface area contributed by atoms with Crippen molar-refractivity contribution in [1.29, 1.82) is 0 Å². The molecule has 0 atom stereocenters. The Balaban J connectivity index is 1.81. The summed E-state index contributed by atoms with van der Waals surface area (Å²) in [6.07, 6.45) is 3.45. The predicted molar refractivity (Wildman–Crippen MR) is 79.4 cm³/mol. The Hall–Kier alpha value is -1.76. The molecule has 7 heteroatoms. The number of ether oxygens (including phenoxy) is 1. The molecule has 1 aromatic rings. The minimum absolute atomic E-state index is 0.259. The van der Waals surface area contributed by atoms with Crippen molar-refractivity contribution >= 4 is 11.8 Å². The summed E-state index contributed by atoms with van der Waals surface area (Å²) in [5, 5.41) is 19.9. The zero-order valence-corrected chi connectivity index (χ0v) is 12.8. The third-order valence-corrected chi connectivity index (χ3v) is 4.07. The molecule has 1 aliphatic carbocycles. The van der Waals surface area contributed by atoms with Crippen molar-refractivity contribution in [3.8, 4) is 5.88 Å². The molecule has 0 unspecified atom stereocenters. The average Bonchev–Trinajstić information content (AvgIpc) is 2.80. The summed E-state index contributed by atoms with van der Waals surface area (Å²) in [7, 11) is 3.27. The number of urea groups is 1. The molecule has 118 valence electrons. The second kappa shape index (κ2) is 6.34. The summed E-state index contributed by atoms with van der Waals surface area (Å²) in [4.78, 5) is 11.8. The molecule has 3 N–H and O–H groups in total. The highest BCUT2D eigenvalue weighted by atomic mass is 16.5. The number of carbonyl (C=O) groups is 1. The molecular formula is C14H24N4O3. The highest BCUT2D eigenvalue weighted by molar-refractivity contribution is 5.88. The third-order valence-electron chi connectivity index (χ3n) is 4.07. The van der Waals surface area contributed by atoms with Crippen LogP contribution in [0.1, 0.15) is 32.6 Å². The van der Waals surface area contributed by atoms with Crippen LogP contribution in [0.3, 0.4) is 0 Å². The summed E-state index contributed by atoms with van der Waals surface area (Å²) >= 11 is 0. The first-order valence-electron chi connectivity index (χ1n) is 7.27. The number of nitrogens with zero attached hydrogens (tertiary/aromatic N) is 2. The van der Waals surface area contributed by atoms with Crippen LogP contribution in [0.25, 0.3) is 0 Å². The summed E-state index contributed by atoms with van der Waals surface area (Å²) < 4.78 is 6.61. The van der Waals surface area contributed by atoms with E-state index in [1.165, 1.54) is 4.68 Å². The van der Waals surface area contributed by atoms with E-state index in [0.29, 0.717) is 17.6 Å². The van der Waals surface area contributed by atoms with Gasteiger partial charge in [0.2, 0.25) is 5.88 Å². The molecule has 0 saturated heterocycles. The van der Waals surface area contributed by atoms with E-state index < -0.39 is 5.60 Å². The van der Waals surface area contributed by atoms with E-state index in [0.717, 1.165) is 25.7 Å². The van der Waals surface area contributed by atoms with Gasteiger partial charge in [-0.2, -0.15) is 5.10 Å². The van der Waals surface area contributed by atoms with Crippen LogP contribution in [0.5, 0.6) is 5.88 Å². The molecule has 2 rings (SSSR count). The van der Waals surface area contributed by atoms with Crippen LogP contribution in [0.15, 0.2) is 6.07 Å². The SMILES string of the molecule is COc1cc(NC(=O)NCC2(O)CCC(C)CC2)nn1C. The monoisotopic (exact) mass is 296 g/mol. The number of aliphatic hydroxyl groups is 1. The van der Waals surface area contributed by atoms with Gasteiger partial charge in [0.1, 0.15) is 0 Å². The van der Waals surface area contributed by atoms with Gasteiger partial charge in [0.15, 0.2) is 5.82 Å². The Morgan fingerprint density at radius 1 is 1.57 bits per heavy atom. The Kier molecular flexibility index (Phi) is 4.72. The molecule has 1 aliphatic rings. The zero-order chi connectivity index (χ0) is 15.5. The summed E-state index contributed by atoms with van der Waals surface area (Å²) in [6, 6.07) is 1.26. The van der Waals surface area contributed by atoms with Gasteiger partial charge in [-0.05, 0) is 31.6 Å². The number of aryl methyl sites for hydroxylation is 1. The maximum Gasteiger partial charge on any atom is 0.320 e. The van der Waals surface area contributed by atoms with Crippen LogP contribution in [0.4, 0.5) is 10.6 Å². The third kappa shape index (κ3) is 4.10. The molecule has 0 aliphatic heterocycles. The fourth-order valence-corrected chi connectivity index (χ4v) is 2.58. The van der Waals surface area contributed by atoms with E-state index in [2.05, 4.69) is 22.7 Å². The van der Waals surface area contributed by atoms with E-state index in [1.807, 2.05) is 0 Å². The highest BCUT2D eigenvalue weighted by Gasteiger charge is 2.32. The van der Waals surface area contributed by atoms with Crippen LogP contribution >= 0.6 is 0 Å². The maximum atomic E-state index is 11.8. The minimum atomic E-state index is -0.786. The van der Waals surface area contributed by atoms with Crippen molar-refractivity contribution in [2.75, 3.05) is 19.0 Å². The van der Waals surface area contributed by atoms with Crippen molar-refractivity contribution in [2.24, 2.45) is 13.0 Å². The van der Waals surface area contributed by atoms with Gasteiger partial charge in [-0.25, -0.2) is 9.48 Å². The van der Waals surface area contributed by atoms with Crippen molar-refractivity contribution in [2.45, 2.75) is 38.2 Å². The van der Waals surface area contributed by atoms with Gasteiger partial charge in [-0.3, -0.25) is 5.32 Å². The molecule has 1 saturated carbocycles. The molecule has 0 bridgehead atoms. The van der Waals surface area contributed by atoms with Crippen molar-refractivity contribution in [3.05, 3.63) is 6.07 Å². The molecule has 0 spiro atoms. The van der Waals surface area contributed by atoms with E-state index in [9.17, 15) is 9.90 Å². The standard InChI is InChI=1S/C14H24N4O3/c1-10-4-6-14(20,7-5-10)9-15-13(19)16-11-8-12(21-3)18(2)17-11/h8,10,20H,4-7,9H2,1-3H3,(H2,15,16,17,19). The first-order chi connectivity index (χ1) is 9.92. The molecule has 2 amide bonds. The number of aromatic nitrogens is 2. The summed E-state index contributed by atoms with van der Waals surface area (Å²) in [5.74, 6) is 1.63. The van der Waals surface area contributed by atoms with Gasteiger partial charge in [-0.1, -0.05) is 6.92 Å². The first kappa shape index (κ1) is 15.6. The molecular weight excluding hydrogens is 272 g/mol. The lowest BCUT2D eigenvalue weighted by Gasteiger charge is -2.34. The van der Waals surface area contributed by atoms with Crippen molar-refractivity contribution < 1.29 is 14.6 Å². The van der Waals surface area contributed by atoms with Gasteiger partial charge in [-0.15, -0.1) is 0 Å². The molecule has 21 heavy (non-hydrogen) atoms. The number of carbonyl (C=O) groups excluding carboxylic acids is 1. The lowest BCUT2D eigenvalue weighted by Crippen LogP contribution is -2.46. The Labute approximate surface area is 124 Å². The summed E-state index contributed by atoms with van der Waals surface area (Å²) in [6.45, 7) is 2.45. The first-order valence-corrected chi connectivity index (χ1v) is 7.27. The highest BCUT2D eigenvalue weighted by Crippen LogP contribution is 2.31. The van der Waals surface area contributed by atoms with Crippen LogP contribution in [-0.2, 0) is 7.05 Å². The normalized spacial score (nSPS) is 25.4. The van der Waals surface area contributed by atoms with Gasteiger partial charge in [0, 0.05) is 19.7 Å². The lowest BCUT2D eigenvalue weighted by molar-refractivity contribution is -0.00356. The molecule has 1 fully saturated rings. The molecule has 0 aromatic carbocycles. The second-order valence-corrected chi connectivity index (χ2v) is 5.91. The van der Waals surface area contributed by atoms with Crippen LogP contribution in [-0.4, -0.2) is 40.2 Å².